The van der Waals surface area contributed by atoms with Crippen LogP contribution in [0.4, 0.5) is 18.9 Å². The highest BCUT2D eigenvalue weighted by Crippen LogP contribution is 2.29. The molecule has 3 rings (SSSR count). The zero-order valence-corrected chi connectivity index (χ0v) is 17.0. The van der Waals surface area contributed by atoms with Crippen LogP contribution in [-0.2, 0) is 22.3 Å². The lowest BCUT2D eigenvalue weighted by atomic mass is 10.2. The number of hydrogen-bond acceptors (Lipinski definition) is 6. The molecule has 1 amide bonds. The molecule has 1 N–H and O–H groups in total. The number of hydrogen-bond donors (Lipinski definition) is 1. The van der Waals surface area contributed by atoms with E-state index in [2.05, 4.69) is 10.3 Å². The molecule has 3 aromatic rings. The Morgan fingerprint density at radius 3 is 2.39 bits per heavy atom. The van der Waals surface area contributed by atoms with Gasteiger partial charge in [0.25, 0.3) is 5.91 Å². The van der Waals surface area contributed by atoms with E-state index in [-0.39, 0.29) is 18.0 Å². The Labute approximate surface area is 179 Å². The van der Waals surface area contributed by atoms with Gasteiger partial charge in [-0.1, -0.05) is 17.7 Å². The Hall–Kier alpha value is -3.40. The van der Waals surface area contributed by atoms with Gasteiger partial charge in [-0.15, -0.1) is 11.3 Å². The second-order valence-electron chi connectivity index (χ2n) is 6.43. The number of carbonyl (C=O) groups is 2. The van der Waals surface area contributed by atoms with Crippen molar-refractivity contribution in [3.05, 3.63) is 75.7 Å². The number of thiazole rings is 1. The van der Waals surface area contributed by atoms with Gasteiger partial charge in [0.1, 0.15) is 17.4 Å². The summed E-state index contributed by atoms with van der Waals surface area (Å²) in [5, 5.41) is 4.40. The Balaban J connectivity index is 1.46. The zero-order chi connectivity index (χ0) is 22.4. The minimum atomic E-state index is -4.46. The maximum absolute atomic E-state index is 12.5. The van der Waals surface area contributed by atoms with Crippen LogP contribution in [0.3, 0.4) is 0 Å². The van der Waals surface area contributed by atoms with E-state index < -0.39 is 30.2 Å². The van der Waals surface area contributed by atoms with Crippen molar-refractivity contribution >= 4 is 28.9 Å². The van der Waals surface area contributed by atoms with Crippen molar-refractivity contribution < 1.29 is 32.2 Å². The monoisotopic (exact) mass is 450 g/mol. The quantitative estimate of drug-likeness (QED) is 0.521. The molecule has 0 saturated heterocycles. The molecule has 0 atom stereocenters. The summed E-state index contributed by atoms with van der Waals surface area (Å²) in [7, 11) is 0. The van der Waals surface area contributed by atoms with Crippen molar-refractivity contribution in [2.75, 3.05) is 11.9 Å². The molecule has 0 fully saturated rings. The number of carbonyl (C=O) groups excluding carboxylic acids is 2. The first kappa shape index (κ1) is 22.3. The van der Waals surface area contributed by atoms with Crippen LogP contribution in [0.2, 0.25) is 0 Å². The molecule has 0 aliphatic carbocycles. The van der Waals surface area contributed by atoms with Crippen molar-refractivity contribution in [2.24, 2.45) is 0 Å². The summed E-state index contributed by atoms with van der Waals surface area (Å²) in [4.78, 5) is 28.0. The van der Waals surface area contributed by atoms with E-state index in [1.54, 1.807) is 0 Å². The van der Waals surface area contributed by atoms with Crippen LogP contribution in [0.1, 0.15) is 26.6 Å². The van der Waals surface area contributed by atoms with Crippen molar-refractivity contribution in [3.8, 4) is 5.75 Å². The van der Waals surface area contributed by atoms with Crippen LogP contribution in [0, 0.1) is 6.92 Å². The van der Waals surface area contributed by atoms with Crippen molar-refractivity contribution in [1.29, 1.82) is 0 Å². The third-order valence-corrected chi connectivity index (χ3v) is 4.80. The highest BCUT2D eigenvalue weighted by molar-refractivity contribution is 7.09. The van der Waals surface area contributed by atoms with Gasteiger partial charge in [-0.05, 0) is 43.3 Å². The van der Waals surface area contributed by atoms with E-state index in [0.29, 0.717) is 10.8 Å². The SMILES string of the molecule is Cc1ccc(OCc2nc(C(=O)OCC(=O)Nc3ccc(C(F)(F)F)cc3)cs2)cc1. The summed E-state index contributed by atoms with van der Waals surface area (Å²) in [5.74, 6) is -0.809. The lowest BCUT2D eigenvalue weighted by molar-refractivity contribution is -0.137. The summed E-state index contributed by atoms with van der Waals surface area (Å²) in [6.45, 7) is 1.54. The van der Waals surface area contributed by atoms with Crippen LogP contribution in [0.5, 0.6) is 5.75 Å². The third-order valence-electron chi connectivity index (χ3n) is 3.97. The van der Waals surface area contributed by atoms with Gasteiger partial charge in [-0.25, -0.2) is 9.78 Å². The van der Waals surface area contributed by atoms with Crippen LogP contribution < -0.4 is 10.1 Å². The maximum atomic E-state index is 12.5. The fraction of sp³-hybridized carbons (Fsp3) is 0.190. The molecule has 0 radical (unpaired) electrons. The lowest BCUT2D eigenvalue weighted by Gasteiger charge is -2.09. The summed E-state index contributed by atoms with van der Waals surface area (Å²) in [5.41, 5.74) is 0.463. The predicted octanol–water partition coefficient (Wildman–Crippen LogP) is 4.84. The molecule has 162 valence electrons. The molecule has 0 bridgehead atoms. The van der Waals surface area contributed by atoms with Gasteiger partial charge in [0.2, 0.25) is 0 Å². The number of rotatable bonds is 7. The molecule has 10 heteroatoms. The topological polar surface area (TPSA) is 77.5 Å². The Morgan fingerprint density at radius 2 is 1.74 bits per heavy atom. The number of benzene rings is 2. The molecule has 0 saturated carbocycles. The second-order valence-corrected chi connectivity index (χ2v) is 7.37. The molecule has 2 aromatic carbocycles. The largest absolute Gasteiger partial charge is 0.486 e. The minimum Gasteiger partial charge on any atom is -0.486 e. The Morgan fingerprint density at radius 1 is 1.06 bits per heavy atom. The Bertz CT molecular complexity index is 1050. The minimum absolute atomic E-state index is 0.0369. The molecular formula is C21H17F3N2O4S. The van der Waals surface area contributed by atoms with Crippen molar-refractivity contribution in [1.82, 2.24) is 4.98 Å². The van der Waals surface area contributed by atoms with Gasteiger partial charge >= 0.3 is 12.1 Å². The lowest BCUT2D eigenvalue weighted by Crippen LogP contribution is -2.21. The van der Waals surface area contributed by atoms with Gasteiger partial charge in [0.15, 0.2) is 12.3 Å². The molecule has 31 heavy (non-hydrogen) atoms. The number of alkyl halides is 3. The summed E-state index contributed by atoms with van der Waals surface area (Å²) in [6, 6.07) is 11.4. The van der Waals surface area contributed by atoms with Crippen LogP contribution in [0.25, 0.3) is 0 Å². The van der Waals surface area contributed by atoms with Crippen LogP contribution in [0.15, 0.2) is 53.9 Å². The first-order valence-electron chi connectivity index (χ1n) is 8.99. The number of halogens is 3. The van der Waals surface area contributed by atoms with Gasteiger partial charge in [-0.3, -0.25) is 4.79 Å². The number of aromatic nitrogens is 1. The van der Waals surface area contributed by atoms with Gasteiger partial charge < -0.3 is 14.8 Å². The van der Waals surface area contributed by atoms with E-state index in [1.165, 1.54) is 16.7 Å². The number of amides is 1. The van der Waals surface area contributed by atoms with Gasteiger partial charge in [0.05, 0.1) is 5.56 Å². The number of aryl methyl sites for hydroxylation is 1. The summed E-state index contributed by atoms with van der Waals surface area (Å²) < 4.78 is 48.1. The smallest absolute Gasteiger partial charge is 0.416 e. The molecule has 0 aliphatic heterocycles. The normalized spacial score (nSPS) is 11.1. The number of anilines is 1. The van der Waals surface area contributed by atoms with Crippen molar-refractivity contribution in [3.63, 3.8) is 0 Å². The van der Waals surface area contributed by atoms with E-state index >= 15 is 0 Å². The fourth-order valence-corrected chi connectivity index (χ4v) is 3.07. The summed E-state index contributed by atoms with van der Waals surface area (Å²) in [6.07, 6.45) is -4.46. The van der Waals surface area contributed by atoms with E-state index in [0.717, 1.165) is 29.8 Å². The standard InChI is InChI=1S/C21H17F3N2O4S/c1-13-2-8-16(9-3-13)29-11-19-26-17(12-31-19)20(28)30-10-18(27)25-15-6-4-14(5-7-15)21(22,23)24/h2-9,12H,10-11H2,1H3,(H,25,27). The molecule has 0 spiro atoms. The molecule has 0 aliphatic rings. The zero-order valence-electron chi connectivity index (χ0n) is 16.2. The molecule has 1 aromatic heterocycles. The van der Waals surface area contributed by atoms with Gasteiger partial charge in [-0.2, -0.15) is 13.2 Å². The first-order valence-corrected chi connectivity index (χ1v) is 9.87. The average molecular weight is 450 g/mol. The van der Waals surface area contributed by atoms with Crippen LogP contribution in [-0.4, -0.2) is 23.5 Å². The predicted molar refractivity (Wildman–Crippen MR) is 108 cm³/mol. The fourth-order valence-electron chi connectivity index (χ4n) is 2.40. The molecule has 1 heterocycles. The van der Waals surface area contributed by atoms with E-state index in [4.69, 9.17) is 9.47 Å². The van der Waals surface area contributed by atoms with Crippen molar-refractivity contribution in [2.45, 2.75) is 19.7 Å². The number of esters is 1. The molecule has 6 nitrogen and oxygen atoms in total. The van der Waals surface area contributed by atoms with E-state index in [1.807, 2.05) is 31.2 Å². The van der Waals surface area contributed by atoms with E-state index in [9.17, 15) is 22.8 Å². The molecular weight excluding hydrogens is 433 g/mol. The number of ether oxygens (including phenoxy) is 2. The average Bonchev–Trinajstić information content (AvgIpc) is 3.20. The number of nitrogens with one attached hydrogen (secondary N) is 1. The van der Waals surface area contributed by atoms with Crippen LogP contribution >= 0.6 is 11.3 Å². The summed E-state index contributed by atoms with van der Waals surface area (Å²) >= 11 is 1.21. The second kappa shape index (κ2) is 9.61. The number of nitrogens with zero attached hydrogens (tertiary/aromatic N) is 1. The highest BCUT2D eigenvalue weighted by Gasteiger charge is 2.30. The first-order chi connectivity index (χ1) is 14.7. The highest BCUT2D eigenvalue weighted by atomic mass is 32.1. The molecule has 0 unspecified atom stereocenters. The van der Waals surface area contributed by atoms with Gasteiger partial charge in [0, 0.05) is 11.1 Å². The maximum Gasteiger partial charge on any atom is 0.416 e. The Kier molecular flexibility index (Phi) is 6.91. The third kappa shape index (κ3) is 6.54.